The first-order chi connectivity index (χ1) is 4.29. The van der Waals surface area contributed by atoms with Crippen LogP contribution in [-0.4, -0.2) is 6.04 Å². The molecule has 0 spiro atoms. The standard InChI is InChI=1S/C8H15N/c1-5-6-2-3-7(4-6)8(5)9/h5-8H,2-4,9H2,1H3/t5-,6-,7-,8-/m0/s1. The molecule has 2 bridgehead atoms. The summed E-state index contributed by atoms with van der Waals surface area (Å²) in [6.07, 6.45) is 4.30. The predicted octanol–water partition coefficient (Wildman–Crippen LogP) is 1.38. The Labute approximate surface area is 56.6 Å². The molecule has 9 heavy (non-hydrogen) atoms. The molecule has 2 rings (SSSR count). The Morgan fingerprint density at radius 2 is 1.89 bits per heavy atom. The van der Waals surface area contributed by atoms with E-state index in [9.17, 15) is 0 Å². The van der Waals surface area contributed by atoms with E-state index in [-0.39, 0.29) is 0 Å². The molecule has 0 radical (unpaired) electrons. The summed E-state index contributed by atoms with van der Waals surface area (Å²) in [5.74, 6) is 2.71. The van der Waals surface area contributed by atoms with Gasteiger partial charge in [0, 0.05) is 6.04 Å². The van der Waals surface area contributed by atoms with Crippen LogP contribution in [-0.2, 0) is 0 Å². The van der Waals surface area contributed by atoms with Crippen LogP contribution >= 0.6 is 0 Å². The molecule has 0 aromatic rings. The highest BCUT2D eigenvalue weighted by Crippen LogP contribution is 2.47. The van der Waals surface area contributed by atoms with E-state index >= 15 is 0 Å². The lowest BCUT2D eigenvalue weighted by atomic mass is 9.87. The Balaban J connectivity index is 2.15. The van der Waals surface area contributed by atoms with Crippen LogP contribution in [0, 0.1) is 17.8 Å². The van der Waals surface area contributed by atoms with Crippen LogP contribution in [0.1, 0.15) is 26.2 Å². The molecule has 0 unspecified atom stereocenters. The van der Waals surface area contributed by atoms with Crippen LogP contribution in [0.5, 0.6) is 0 Å². The third-order valence-corrected chi connectivity index (χ3v) is 3.41. The summed E-state index contributed by atoms with van der Waals surface area (Å²) in [5.41, 5.74) is 5.96. The summed E-state index contributed by atoms with van der Waals surface area (Å²) in [6, 6.07) is 0.545. The first kappa shape index (κ1) is 5.72. The van der Waals surface area contributed by atoms with E-state index in [4.69, 9.17) is 5.73 Å². The SMILES string of the molecule is C[C@H]1[C@H]2CC[C@@H](C2)[C@H]1N. The predicted molar refractivity (Wildman–Crippen MR) is 38.0 cm³/mol. The van der Waals surface area contributed by atoms with Gasteiger partial charge in [-0.05, 0) is 37.0 Å². The van der Waals surface area contributed by atoms with Gasteiger partial charge in [0.05, 0.1) is 0 Å². The lowest BCUT2D eigenvalue weighted by Crippen LogP contribution is -2.33. The van der Waals surface area contributed by atoms with Crippen molar-refractivity contribution in [3.05, 3.63) is 0 Å². The second kappa shape index (κ2) is 1.72. The van der Waals surface area contributed by atoms with E-state index < -0.39 is 0 Å². The number of rotatable bonds is 0. The topological polar surface area (TPSA) is 26.0 Å². The minimum atomic E-state index is 0.545. The van der Waals surface area contributed by atoms with E-state index in [1.165, 1.54) is 19.3 Å². The van der Waals surface area contributed by atoms with E-state index in [0.717, 1.165) is 17.8 Å². The normalized spacial score (nSPS) is 56.7. The fourth-order valence-electron chi connectivity index (χ4n) is 2.62. The van der Waals surface area contributed by atoms with Gasteiger partial charge in [0.25, 0.3) is 0 Å². The van der Waals surface area contributed by atoms with Gasteiger partial charge in [0.1, 0.15) is 0 Å². The molecule has 2 saturated carbocycles. The Morgan fingerprint density at radius 1 is 1.22 bits per heavy atom. The van der Waals surface area contributed by atoms with Crippen molar-refractivity contribution < 1.29 is 0 Å². The summed E-state index contributed by atoms with van der Waals surface area (Å²) in [6.45, 7) is 2.31. The highest BCUT2D eigenvalue weighted by Gasteiger charge is 2.42. The van der Waals surface area contributed by atoms with Gasteiger partial charge in [-0.15, -0.1) is 0 Å². The maximum absolute atomic E-state index is 5.96. The zero-order valence-corrected chi connectivity index (χ0v) is 6.01. The first-order valence-corrected chi connectivity index (χ1v) is 4.04. The summed E-state index contributed by atoms with van der Waals surface area (Å²) in [4.78, 5) is 0. The molecule has 2 fully saturated rings. The summed E-state index contributed by atoms with van der Waals surface area (Å²) in [5, 5.41) is 0. The second-order valence-electron chi connectivity index (χ2n) is 3.77. The molecule has 2 aliphatic carbocycles. The molecule has 0 aliphatic heterocycles. The van der Waals surface area contributed by atoms with Crippen molar-refractivity contribution in [2.75, 3.05) is 0 Å². The van der Waals surface area contributed by atoms with Gasteiger partial charge in [-0.1, -0.05) is 6.92 Å². The molecule has 0 heterocycles. The van der Waals surface area contributed by atoms with Gasteiger partial charge in [-0.2, -0.15) is 0 Å². The van der Waals surface area contributed by atoms with Crippen LogP contribution in [0.2, 0.25) is 0 Å². The summed E-state index contributed by atoms with van der Waals surface area (Å²) in [7, 11) is 0. The molecular weight excluding hydrogens is 110 g/mol. The average molecular weight is 125 g/mol. The molecule has 0 amide bonds. The molecular formula is C8H15N. The Morgan fingerprint density at radius 3 is 2.22 bits per heavy atom. The maximum atomic E-state index is 5.96. The van der Waals surface area contributed by atoms with Gasteiger partial charge in [0.15, 0.2) is 0 Å². The van der Waals surface area contributed by atoms with Gasteiger partial charge in [-0.25, -0.2) is 0 Å². The van der Waals surface area contributed by atoms with Crippen LogP contribution in [0.3, 0.4) is 0 Å². The fraction of sp³-hybridized carbons (Fsp3) is 1.00. The molecule has 2 N–H and O–H groups in total. The molecule has 0 aromatic heterocycles. The van der Waals surface area contributed by atoms with Crippen LogP contribution in [0.15, 0.2) is 0 Å². The third-order valence-electron chi connectivity index (χ3n) is 3.41. The number of hydrogen-bond donors (Lipinski definition) is 1. The maximum Gasteiger partial charge on any atom is 0.00957 e. The first-order valence-electron chi connectivity index (χ1n) is 4.04. The van der Waals surface area contributed by atoms with Crippen molar-refractivity contribution in [2.24, 2.45) is 23.5 Å². The van der Waals surface area contributed by atoms with Crippen molar-refractivity contribution in [1.29, 1.82) is 0 Å². The Hall–Kier alpha value is -0.0400. The van der Waals surface area contributed by atoms with Gasteiger partial charge in [-0.3, -0.25) is 0 Å². The van der Waals surface area contributed by atoms with Crippen molar-refractivity contribution in [3.63, 3.8) is 0 Å². The summed E-state index contributed by atoms with van der Waals surface area (Å²) >= 11 is 0. The van der Waals surface area contributed by atoms with Crippen molar-refractivity contribution >= 4 is 0 Å². The average Bonchev–Trinajstić information content (AvgIpc) is 2.37. The lowest BCUT2D eigenvalue weighted by Gasteiger charge is -2.23. The van der Waals surface area contributed by atoms with E-state index in [0.29, 0.717) is 6.04 Å². The van der Waals surface area contributed by atoms with Crippen LogP contribution in [0.25, 0.3) is 0 Å². The number of fused-ring (bicyclic) bond motifs is 2. The Kier molecular flexibility index (Phi) is 1.10. The largest absolute Gasteiger partial charge is 0.327 e. The quantitative estimate of drug-likeness (QED) is 0.520. The Bertz CT molecular complexity index is 104. The number of hydrogen-bond acceptors (Lipinski definition) is 1. The zero-order chi connectivity index (χ0) is 6.43. The minimum absolute atomic E-state index is 0.545. The number of nitrogens with two attached hydrogens (primary N) is 1. The van der Waals surface area contributed by atoms with Crippen molar-refractivity contribution in [3.8, 4) is 0 Å². The monoisotopic (exact) mass is 125 g/mol. The zero-order valence-electron chi connectivity index (χ0n) is 6.01. The smallest absolute Gasteiger partial charge is 0.00957 e. The van der Waals surface area contributed by atoms with Gasteiger partial charge < -0.3 is 5.73 Å². The third kappa shape index (κ3) is 0.644. The fourth-order valence-corrected chi connectivity index (χ4v) is 2.62. The highest BCUT2D eigenvalue weighted by atomic mass is 14.7. The van der Waals surface area contributed by atoms with Crippen LogP contribution < -0.4 is 5.73 Å². The molecule has 0 aromatic carbocycles. The summed E-state index contributed by atoms with van der Waals surface area (Å²) < 4.78 is 0. The second-order valence-corrected chi connectivity index (χ2v) is 3.77. The van der Waals surface area contributed by atoms with E-state index in [1.807, 2.05) is 0 Å². The van der Waals surface area contributed by atoms with Gasteiger partial charge >= 0.3 is 0 Å². The minimum Gasteiger partial charge on any atom is -0.327 e. The molecule has 0 saturated heterocycles. The van der Waals surface area contributed by atoms with E-state index in [2.05, 4.69) is 6.92 Å². The van der Waals surface area contributed by atoms with Crippen molar-refractivity contribution in [1.82, 2.24) is 0 Å². The molecule has 4 atom stereocenters. The van der Waals surface area contributed by atoms with E-state index in [1.54, 1.807) is 0 Å². The molecule has 1 heteroatoms. The van der Waals surface area contributed by atoms with Crippen LogP contribution in [0.4, 0.5) is 0 Å². The highest BCUT2D eigenvalue weighted by molar-refractivity contribution is 4.96. The van der Waals surface area contributed by atoms with Gasteiger partial charge in [0.2, 0.25) is 0 Å². The lowest BCUT2D eigenvalue weighted by molar-refractivity contribution is 0.312. The molecule has 52 valence electrons. The molecule has 2 aliphatic rings. The van der Waals surface area contributed by atoms with Crippen molar-refractivity contribution in [2.45, 2.75) is 32.2 Å². The molecule has 1 nitrogen and oxygen atoms in total.